The van der Waals surface area contributed by atoms with Gasteiger partial charge in [-0.1, -0.05) is 59.1 Å². The van der Waals surface area contributed by atoms with Crippen LogP contribution in [0.25, 0.3) is 0 Å². The van der Waals surface area contributed by atoms with Gasteiger partial charge in [0.1, 0.15) is 11.9 Å². The summed E-state index contributed by atoms with van der Waals surface area (Å²) in [5.74, 6) is 1.53. The summed E-state index contributed by atoms with van der Waals surface area (Å²) < 4.78 is 11.5. The van der Waals surface area contributed by atoms with Gasteiger partial charge >= 0.3 is 5.97 Å². The van der Waals surface area contributed by atoms with Crippen molar-refractivity contribution in [3.63, 3.8) is 0 Å². The zero-order chi connectivity index (χ0) is 24.9. The number of aliphatic hydroxyl groups excluding tert-OH is 2. The van der Waals surface area contributed by atoms with Gasteiger partial charge in [0.2, 0.25) is 0 Å². The number of carbonyl (C=O) groups excluding carboxylic acids is 1. The molecule has 34 heavy (non-hydrogen) atoms. The number of fused-ring (bicyclic) bond motifs is 2. The molecule has 0 bridgehead atoms. The Hall–Kier alpha value is -1.59. The molecule has 2 aliphatic carbocycles. The summed E-state index contributed by atoms with van der Waals surface area (Å²) in [5, 5.41) is 21.2. The van der Waals surface area contributed by atoms with E-state index in [2.05, 4.69) is 13.0 Å². The van der Waals surface area contributed by atoms with E-state index in [4.69, 9.17) is 9.47 Å². The van der Waals surface area contributed by atoms with Crippen molar-refractivity contribution in [3.05, 3.63) is 29.3 Å². The molecule has 1 aromatic carbocycles. The second-order valence-electron chi connectivity index (χ2n) is 11.7. The highest BCUT2D eigenvalue weighted by Gasteiger charge is 2.44. The summed E-state index contributed by atoms with van der Waals surface area (Å²) in [7, 11) is 0. The van der Waals surface area contributed by atoms with Gasteiger partial charge in [0.25, 0.3) is 0 Å². The first-order chi connectivity index (χ1) is 16.1. The van der Waals surface area contributed by atoms with E-state index in [1.165, 1.54) is 24.0 Å². The molecule has 2 N–H and O–H groups in total. The molecule has 6 atom stereocenters. The lowest BCUT2D eigenvalue weighted by Crippen LogP contribution is -2.31. The number of hydrogen-bond acceptors (Lipinski definition) is 5. The largest absolute Gasteiger partial charge is 0.482 e. The van der Waals surface area contributed by atoms with E-state index in [1.54, 1.807) is 0 Å². The minimum absolute atomic E-state index is 0.0911. The summed E-state index contributed by atoms with van der Waals surface area (Å²) in [6.07, 6.45) is 7.81. The number of esters is 1. The monoisotopic (exact) mass is 474 g/mol. The lowest BCUT2D eigenvalue weighted by molar-refractivity contribution is -0.155. The molecule has 3 rings (SSSR count). The Labute approximate surface area is 206 Å². The Morgan fingerprint density at radius 3 is 2.65 bits per heavy atom. The molecule has 0 aromatic heterocycles. The smallest absolute Gasteiger partial charge is 0.344 e. The van der Waals surface area contributed by atoms with Gasteiger partial charge in [-0.15, -0.1) is 0 Å². The lowest BCUT2D eigenvalue weighted by atomic mass is 9.73. The summed E-state index contributed by atoms with van der Waals surface area (Å²) >= 11 is 0. The molecule has 5 nitrogen and oxygen atoms in total. The van der Waals surface area contributed by atoms with Crippen LogP contribution in [0.15, 0.2) is 18.2 Å². The van der Waals surface area contributed by atoms with Gasteiger partial charge in [-0.05, 0) is 85.8 Å². The molecule has 0 radical (unpaired) electrons. The van der Waals surface area contributed by atoms with Crippen LogP contribution in [0.3, 0.4) is 0 Å². The van der Waals surface area contributed by atoms with Crippen LogP contribution in [-0.4, -0.2) is 41.1 Å². The van der Waals surface area contributed by atoms with Gasteiger partial charge in [0, 0.05) is 0 Å². The molecule has 0 heterocycles. The lowest BCUT2D eigenvalue weighted by Gasteiger charge is -2.32. The Balaban J connectivity index is 1.58. The Kier molecular flexibility index (Phi) is 9.45. The summed E-state index contributed by atoms with van der Waals surface area (Å²) in [5.41, 5.74) is 2.33. The van der Waals surface area contributed by atoms with Crippen molar-refractivity contribution in [3.8, 4) is 5.75 Å². The molecule has 5 heteroatoms. The second-order valence-corrected chi connectivity index (χ2v) is 11.7. The van der Waals surface area contributed by atoms with E-state index in [0.29, 0.717) is 11.8 Å². The molecule has 0 amide bonds. The highest BCUT2D eigenvalue weighted by Crippen LogP contribution is 2.48. The third-order valence-corrected chi connectivity index (χ3v) is 8.19. The van der Waals surface area contributed by atoms with E-state index in [-0.39, 0.29) is 42.2 Å². The van der Waals surface area contributed by atoms with E-state index in [0.717, 1.165) is 50.7 Å². The average molecular weight is 475 g/mol. The van der Waals surface area contributed by atoms with Crippen molar-refractivity contribution >= 4 is 5.97 Å². The number of ether oxygens (including phenoxy) is 2. The fraction of sp³-hybridized carbons (Fsp3) is 0.759. The summed E-state index contributed by atoms with van der Waals surface area (Å²) in [6.45, 7) is 10.1. The third-order valence-electron chi connectivity index (χ3n) is 8.19. The van der Waals surface area contributed by atoms with Crippen molar-refractivity contribution < 1.29 is 24.5 Å². The maximum absolute atomic E-state index is 12.3. The van der Waals surface area contributed by atoms with Crippen LogP contribution >= 0.6 is 0 Å². The molecule has 0 spiro atoms. The van der Waals surface area contributed by atoms with Crippen LogP contribution < -0.4 is 4.74 Å². The van der Waals surface area contributed by atoms with E-state index >= 15 is 0 Å². The van der Waals surface area contributed by atoms with Crippen LogP contribution in [0.2, 0.25) is 0 Å². The molecule has 0 saturated heterocycles. The number of benzene rings is 1. The van der Waals surface area contributed by atoms with Crippen LogP contribution in [-0.2, 0) is 22.4 Å². The zero-order valence-electron chi connectivity index (χ0n) is 21.9. The fourth-order valence-corrected chi connectivity index (χ4v) is 5.64. The zero-order valence-corrected chi connectivity index (χ0v) is 21.9. The van der Waals surface area contributed by atoms with Gasteiger partial charge < -0.3 is 19.7 Å². The molecule has 1 unspecified atom stereocenters. The van der Waals surface area contributed by atoms with E-state index in [1.807, 2.05) is 39.8 Å². The van der Waals surface area contributed by atoms with Crippen LogP contribution in [0.5, 0.6) is 5.75 Å². The first-order valence-corrected chi connectivity index (χ1v) is 13.4. The number of rotatable bonds is 11. The minimum atomic E-state index is -0.345. The van der Waals surface area contributed by atoms with Gasteiger partial charge in [0.15, 0.2) is 6.61 Å². The van der Waals surface area contributed by atoms with Gasteiger partial charge in [0.05, 0.1) is 12.2 Å². The minimum Gasteiger partial charge on any atom is -0.482 e. The SMILES string of the molecule is CCCCC[C@H](O)CC[C@@H]1[C@H]2Cc3cccc(OCC(=O)OC(C)C(C)(C)C)c3C[C@H]2C[C@H]1O. The molecular formula is C29H46O5. The van der Waals surface area contributed by atoms with Crippen LogP contribution in [0.4, 0.5) is 0 Å². The molecule has 192 valence electrons. The number of unbranched alkanes of at least 4 members (excludes halogenated alkanes) is 2. The first-order valence-electron chi connectivity index (χ1n) is 13.4. The highest BCUT2D eigenvalue weighted by molar-refractivity contribution is 5.71. The van der Waals surface area contributed by atoms with Crippen molar-refractivity contribution in [1.82, 2.24) is 0 Å². The maximum atomic E-state index is 12.3. The Morgan fingerprint density at radius 1 is 1.18 bits per heavy atom. The second kappa shape index (κ2) is 11.9. The quantitative estimate of drug-likeness (QED) is 0.328. The normalized spacial score (nSPS) is 25.9. The molecule has 2 aliphatic rings. The topological polar surface area (TPSA) is 76.0 Å². The molecular weight excluding hydrogens is 428 g/mol. The summed E-state index contributed by atoms with van der Waals surface area (Å²) in [4.78, 5) is 12.3. The molecule has 0 aliphatic heterocycles. The summed E-state index contributed by atoms with van der Waals surface area (Å²) in [6, 6.07) is 6.09. The number of aliphatic hydroxyl groups is 2. The van der Waals surface area contributed by atoms with Crippen LogP contribution in [0, 0.1) is 23.2 Å². The molecule has 1 aromatic rings. The van der Waals surface area contributed by atoms with Gasteiger partial charge in [-0.3, -0.25) is 0 Å². The standard InChI is InChI=1S/C29H46O5/c1-6-7-8-11-22(30)13-14-23-24-15-20-10-9-12-27(25(20)16-21(24)17-26(23)31)33-18-28(32)34-19(2)29(3,4)5/h9-10,12,19,21-24,26,30-31H,6-8,11,13-18H2,1-5H3/t19?,21-,22-,23+,24-,26+/m0/s1. The van der Waals surface area contributed by atoms with Crippen molar-refractivity contribution in [2.75, 3.05) is 6.61 Å². The van der Waals surface area contributed by atoms with Gasteiger partial charge in [-0.2, -0.15) is 0 Å². The van der Waals surface area contributed by atoms with Crippen LogP contribution in [0.1, 0.15) is 90.7 Å². The predicted molar refractivity (Wildman–Crippen MR) is 135 cm³/mol. The highest BCUT2D eigenvalue weighted by atomic mass is 16.6. The molecule has 1 fully saturated rings. The number of hydrogen-bond donors (Lipinski definition) is 2. The molecule has 1 saturated carbocycles. The first kappa shape index (κ1) is 27.0. The fourth-order valence-electron chi connectivity index (χ4n) is 5.64. The van der Waals surface area contributed by atoms with E-state index < -0.39 is 0 Å². The van der Waals surface area contributed by atoms with Crippen molar-refractivity contribution in [2.45, 2.75) is 111 Å². The third kappa shape index (κ3) is 6.97. The average Bonchev–Trinajstić information content (AvgIpc) is 3.08. The van der Waals surface area contributed by atoms with E-state index in [9.17, 15) is 15.0 Å². The Bertz CT molecular complexity index is 798. The van der Waals surface area contributed by atoms with Gasteiger partial charge in [-0.25, -0.2) is 4.79 Å². The number of carbonyl (C=O) groups is 1. The van der Waals surface area contributed by atoms with Crippen molar-refractivity contribution in [1.29, 1.82) is 0 Å². The predicted octanol–water partition coefficient (Wildman–Crippen LogP) is 5.48. The maximum Gasteiger partial charge on any atom is 0.344 e. The Morgan fingerprint density at radius 2 is 1.94 bits per heavy atom. The van der Waals surface area contributed by atoms with Crippen molar-refractivity contribution in [2.24, 2.45) is 23.2 Å².